The van der Waals surface area contributed by atoms with Gasteiger partial charge < -0.3 is 9.30 Å². The first-order valence-corrected chi connectivity index (χ1v) is 6.79. The Labute approximate surface area is 122 Å². The van der Waals surface area contributed by atoms with Crippen molar-refractivity contribution in [1.29, 1.82) is 0 Å². The zero-order valence-corrected chi connectivity index (χ0v) is 12.7. The minimum atomic E-state index is -0.328. The molecule has 0 aliphatic carbocycles. The van der Waals surface area contributed by atoms with Gasteiger partial charge in [-0.1, -0.05) is 0 Å². The maximum absolute atomic E-state index is 12.2. The lowest BCUT2D eigenvalue weighted by Gasteiger charge is -2.13. The number of pyridine rings is 1. The van der Waals surface area contributed by atoms with E-state index >= 15 is 0 Å². The molecule has 0 aromatic carbocycles. The van der Waals surface area contributed by atoms with Crippen molar-refractivity contribution in [3.8, 4) is 5.75 Å². The normalized spacial score (nSPS) is 10.7. The lowest BCUT2D eigenvalue weighted by molar-refractivity contribution is 0.406. The third kappa shape index (κ3) is 2.74. The van der Waals surface area contributed by atoms with Crippen molar-refractivity contribution in [2.24, 2.45) is 0 Å². The Balaban J connectivity index is 2.54. The molecule has 0 aliphatic heterocycles. The molecule has 0 unspecified atom stereocenters. The Bertz CT molecular complexity index is 775. The summed E-state index contributed by atoms with van der Waals surface area (Å²) in [5, 5.41) is 0. The van der Waals surface area contributed by atoms with Crippen LogP contribution in [0.1, 0.15) is 23.7 Å². The van der Waals surface area contributed by atoms with Crippen molar-refractivity contribution in [3.63, 3.8) is 0 Å². The first kappa shape index (κ1) is 15.0. The molecule has 0 bridgehead atoms. The van der Waals surface area contributed by atoms with E-state index in [0.29, 0.717) is 12.2 Å². The maximum atomic E-state index is 12.2. The summed E-state index contributed by atoms with van der Waals surface area (Å²) in [6, 6.07) is 1.39. The van der Waals surface area contributed by atoms with E-state index in [9.17, 15) is 9.59 Å². The molecule has 2 aromatic heterocycles. The van der Waals surface area contributed by atoms with Crippen LogP contribution in [0.2, 0.25) is 0 Å². The van der Waals surface area contributed by atoms with E-state index in [2.05, 4.69) is 4.98 Å². The summed E-state index contributed by atoms with van der Waals surface area (Å²) >= 11 is 0. The second-order valence-corrected chi connectivity index (χ2v) is 4.85. The minimum absolute atomic E-state index is 0.140. The molecule has 112 valence electrons. The number of aromatic nitrogens is 3. The molecule has 0 aliphatic rings. The van der Waals surface area contributed by atoms with Gasteiger partial charge in [-0.3, -0.25) is 14.3 Å². The van der Waals surface area contributed by atoms with Gasteiger partial charge >= 0.3 is 5.69 Å². The van der Waals surface area contributed by atoms with Crippen LogP contribution >= 0.6 is 0 Å². The van der Waals surface area contributed by atoms with Gasteiger partial charge in [0.2, 0.25) is 0 Å². The van der Waals surface area contributed by atoms with Gasteiger partial charge in [-0.15, -0.1) is 0 Å². The molecular formula is C15H19N3O3. The summed E-state index contributed by atoms with van der Waals surface area (Å²) in [5.41, 5.74) is 1.77. The molecule has 0 atom stereocenters. The number of hydrogen-bond acceptors (Lipinski definition) is 4. The van der Waals surface area contributed by atoms with Crippen LogP contribution < -0.4 is 16.0 Å². The van der Waals surface area contributed by atoms with Crippen LogP contribution in [0.4, 0.5) is 0 Å². The Hall–Kier alpha value is -2.37. The molecule has 6 nitrogen and oxygen atoms in total. The van der Waals surface area contributed by atoms with Gasteiger partial charge in [0.15, 0.2) is 0 Å². The molecule has 2 rings (SSSR count). The maximum Gasteiger partial charge on any atom is 0.331 e. The highest BCUT2D eigenvalue weighted by Crippen LogP contribution is 2.23. The highest BCUT2D eigenvalue weighted by Gasteiger charge is 2.12. The molecule has 21 heavy (non-hydrogen) atoms. The van der Waals surface area contributed by atoms with Crippen molar-refractivity contribution in [1.82, 2.24) is 14.1 Å². The van der Waals surface area contributed by atoms with Crippen molar-refractivity contribution in [2.75, 3.05) is 7.11 Å². The first-order chi connectivity index (χ1) is 9.99. The number of nitrogens with zero attached hydrogens (tertiary/aromatic N) is 3. The molecule has 0 saturated carbocycles. The molecule has 0 N–H and O–H groups in total. The topological polar surface area (TPSA) is 66.1 Å². The van der Waals surface area contributed by atoms with Crippen LogP contribution in [-0.2, 0) is 13.1 Å². The minimum Gasteiger partial charge on any atom is -0.496 e. The number of rotatable bonds is 4. The summed E-state index contributed by atoms with van der Waals surface area (Å²) in [6.07, 6.45) is 3.20. The van der Waals surface area contributed by atoms with Gasteiger partial charge in [0.25, 0.3) is 5.56 Å². The Kier molecular flexibility index (Phi) is 4.26. The Morgan fingerprint density at radius 3 is 2.62 bits per heavy atom. The quantitative estimate of drug-likeness (QED) is 0.845. The first-order valence-electron chi connectivity index (χ1n) is 6.79. The van der Waals surface area contributed by atoms with Crippen molar-refractivity contribution >= 4 is 0 Å². The molecule has 0 amide bonds. The number of methoxy groups -OCH3 is 1. The molecule has 0 radical (unpaired) electrons. The van der Waals surface area contributed by atoms with E-state index in [4.69, 9.17) is 4.74 Å². The number of ether oxygens (including phenoxy) is 1. The summed E-state index contributed by atoms with van der Waals surface area (Å²) < 4.78 is 8.03. The summed E-state index contributed by atoms with van der Waals surface area (Å²) in [4.78, 5) is 28.5. The van der Waals surface area contributed by atoms with E-state index < -0.39 is 0 Å². The number of hydrogen-bond donors (Lipinski definition) is 0. The second-order valence-electron chi connectivity index (χ2n) is 4.85. The zero-order valence-electron chi connectivity index (χ0n) is 12.7. The molecule has 0 fully saturated rings. The molecular weight excluding hydrogens is 270 g/mol. The Morgan fingerprint density at radius 1 is 1.29 bits per heavy atom. The highest BCUT2D eigenvalue weighted by atomic mass is 16.5. The lowest BCUT2D eigenvalue weighted by atomic mass is 10.1. The van der Waals surface area contributed by atoms with Crippen LogP contribution in [0.25, 0.3) is 0 Å². The average Bonchev–Trinajstić information content (AvgIpc) is 2.46. The fourth-order valence-corrected chi connectivity index (χ4v) is 2.32. The monoisotopic (exact) mass is 289 g/mol. The van der Waals surface area contributed by atoms with E-state index in [-0.39, 0.29) is 17.8 Å². The van der Waals surface area contributed by atoms with Crippen LogP contribution in [0, 0.1) is 13.8 Å². The van der Waals surface area contributed by atoms with Crippen LogP contribution in [0.3, 0.4) is 0 Å². The molecule has 6 heteroatoms. The fraction of sp³-hybridized carbons (Fsp3) is 0.400. The third-order valence-corrected chi connectivity index (χ3v) is 3.54. The number of aryl methyl sites for hydroxylation is 2. The van der Waals surface area contributed by atoms with Crippen molar-refractivity contribution < 1.29 is 4.74 Å². The molecule has 0 saturated heterocycles. The predicted molar refractivity (Wildman–Crippen MR) is 80.0 cm³/mol. The van der Waals surface area contributed by atoms with Gasteiger partial charge in [-0.25, -0.2) is 4.79 Å². The second kappa shape index (κ2) is 5.95. The van der Waals surface area contributed by atoms with Gasteiger partial charge in [-0.2, -0.15) is 0 Å². The van der Waals surface area contributed by atoms with E-state index in [1.807, 2.05) is 20.8 Å². The fourth-order valence-electron chi connectivity index (χ4n) is 2.32. The van der Waals surface area contributed by atoms with Crippen LogP contribution in [-0.4, -0.2) is 21.2 Å². The summed E-state index contributed by atoms with van der Waals surface area (Å²) in [6.45, 7) is 6.29. The van der Waals surface area contributed by atoms with Crippen molar-refractivity contribution in [3.05, 3.63) is 56.1 Å². The standard InChI is InChI=1S/C15H19N3O3/c1-5-17-7-6-13(19)18(15(17)20)9-12-11(3)14(21-4)10(2)8-16-12/h6-8H,5,9H2,1-4H3. The molecule has 2 aromatic rings. The lowest BCUT2D eigenvalue weighted by Crippen LogP contribution is -2.39. The van der Waals surface area contributed by atoms with E-state index in [0.717, 1.165) is 16.9 Å². The predicted octanol–water partition coefficient (Wildman–Crippen LogP) is 1.10. The SMILES string of the molecule is CCn1ccc(=O)n(Cc2ncc(C)c(OC)c2C)c1=O. The largest absolute Gasteiger partial charge is 0.496 e. The van der Waals surface area contributed by atoms with Crippen molar-refractivity contribution in [2.45, 2.75) is 33.9 Å². The Morgan fingerprint density at radius 2 is 2.00 bits per heavy atom. The van der Waals surface area contributed by atoms with Crippen LogP contribution in [0.15, 0.2) is 28.0 Å². The summed E-state index contributed by atoms with van der Waals surface area (Å²) in [7, 11) is 1.60. The van der Waals surface area contributed by atoms with Gasteiger partial charge in [0, 0.05) is 36.1 Å². The van der Waals surface area contributed by atoms with E-state index in [1.165, 1.54) is 21.4 Å². The molecule has 0 spiro atoms. The van der Waals surface area contributed by atoms with Crippen LogP contribution in [0.5, 0.6) is 5.75 Å². The molecule has 2 heterocycles. The zero-order chi connectivity index (χ0) is 15.6. The van der Waals surface area contributed by atoms with Gasteiger partial charge in [-0.05, 0) is 20.8 Å². The summed E-state index contributed by atoms with van der Waals surface area (Å²) in [5.74, 6) is 0.736. The van der Waals surface area contributed by atoms with Gasteiger partial charge in [0.1, 0.15) is 5.75 Å². The van der Waals surface area contributed by atoms with Gasteiger partial charge in [0.05, 0.1) is 19.3 Å². The van der Waals surface area contributed by atoms with E-state index in [1.54, 1.807) is 13.3 Å². The highest BCUT2D eigenvalue weighted by molar-refractivity contribution is 5.41. The third-order valence-electron chi connectivity index (χ3n) is 3.54. The smallest absolute Gasteiger partial charge is 0.331 e. The average molecular weight is 289 g/mol.